The van der Waals surface area contributed by atoms with E-state index < -0.39 is 37.9 Å². The number of aliphatic hydroxyl groups is 1. The van der Waals surface area contributed by atoms with Crippen LogP contribution in [0.3, 0.4) is 0 Å². The summed E-state index contributed by atoms with van der Waals surface area (Å²) >= 11 is 4.26. The largest absolute Gasteiger partial charge is 0.421 e. The Morgan fingerprint density at radius 3 is 2.21 bits per heavy atom. The van der Waals surface area contributed by atoms with E-state index in [1.807, 2.05) is 0 Å². The van der Waals surface area contributed by atoms with Gasteiger partial charge in [0.05, 0.1) is 16.7 Å². The van der Waals surface area contributed by atoms with Crippen LogP contribution in [-0.4, -0.2) is 70.4 Å². The SMILES string of the molecule is CC(C)CS(=O)(=O)NC[C@H]1CN(S(=O)(=O)c2ccccc2S)CCN1c1ccc(C(C)(O)C(F)(F)F)cc1. The van der Waals surface area contributed by atoms with Crippen molar-refractivity contribution in [2.45, 2.75) is 48.4 Å². The van der Waals surface area contributed by atoms with Crippen molar-refractivity contribution in [1.29, 1.82) is 0 Å². The Balaban J connectivity index is 1.91. The Morgan fingerprint density at radius 2 is 1.66 bits per heavy atom. The van der Waals surface area contributed by atoms with Gasteiger partial charge in [-0.2, -0.15) is 17.5 Å². The Labute approximate surface area is 227 Å². The van der Waals surface area contributed by atoms with E-state index in [0.717, 1.165) is 12.1 Å². The van der Waals surface area contributed by atoms with Gasteiger partial charge in [-0.25, -0.2) is 21.6 Å². The van der Waals surface area contributed by atoms with Crippen molar-refractivity contribution in [2.75, 3.05) is 36.8 Å². The molecule has 1 saturated heterocycles. The molecule has 1 fully saturated rings. The molecule has 38 heavy (non-hydrogen) atoms. The van der Waals surface area contributed by atoms with Crippen molar-refractivity contribution in [2.24, 2.45) is 5.92 Å². The van der Waals surface area contributed by atoms with Crippen LogP contribution in [0.1, 0.15) is 26.3 Å². The quantitative estimate of drug-likeness (QED) is 0.385. The van der Waals surface area contributed by atoms with Crippen LogP contribution in [0.25, 0.3) is 0 Å². The van der Waals surface area contributed by atoms with Gasteiger partial charge in [-0.1, -0.05) is 38.1 Å². The molecule has 2 aromatic carbocycles. The Hall–Kier alpha value is -1.84. The van der Waals surface area contributed by atoms with Gasteiger partial charge in [-0.05, 0) is 42.7 Å². The van der Waals surface area contributed by atoms with Crippen LogP contribution in [0.15, 0.2) is 58.3 Å². The van der Waals surface area contributed by atoms with Crippen molar-refractivity contribution in [3.05, 3.63) is 54.1 Å². The molecule has 1 heterocycles. The van der Waals surface area contributed by atoms with E-state index in [1.54, 1.807) is 36.9 Å². The molecule has 14 heteroatoms. The van der Waals surface area contributed by atoms with Crippen LogP contribution < -0.4 is 9.62 Å². The molecule has 212 valence electrons. The number of alkyl halides is 3. The van der Waals surface area contributed by atoms with Crippen molar-refractivity contribution in [3.63, 3.8) is 0 Å². The summed E-state index contributed by atoms with van der Waals surface area (Å²) in [5.74, 6) is -0.247. The van der Waals surface area contributed by atoms with Crippen LogP contribution in [0.5, 0.6) is 0 Å². The highest BCUT2D eigenvalue weighted by Crippen LogP contribution is 2.39. The van der Waals surface area contributed by atoms with Gasteiger partial charge >= 0.3 is 6.18 Å². The second-order valence-corrected chi connectivity index (χ2v) is 14.1. The molecule has 2 atom stereocenters. The molecule has 0 spiro atoms. The van der Waals surface area contributed by atoms with E-state index in [4.69, 9.17) is 0 Å². The van der Waals surface area contributed by atoms with E-state index in [2.05, 4.69) is 17.4 Å². The predicted octanol–water partition coefficient (Wildman–Crippen LogP) is 3.20. The van der Waals surface area contributed by atoms with Crippen molar-refractivity contribution < 1.29 is 35.1 Å². The summed E-state index contributed by atoms with van der Waals surface area (Å²) in [6.45, 7) is 4.19. The maximum atomic E-state index is 13.4. The minimum absolute atomic E-state index is 0.0228. The average Bonchev–Trinajstić information content (AvgIpc) is 2.81. The Bertz CT molecular complexity index is 1330. The summed E-state index contributed by atoms with van der Waals surface area (Å²) in [7, 11) is -7.61. The third-order valence-corrected chi connectivity index (χ3v) is 10.5. The molecular formula is C24H32F3N3O5S3. The van der Waals surface area contributed by atoms with Crippen LogP contribution in [0, 0.1) is 5.92 Å². The lowest BCUT2D eigenvalue weighted by Crippen LogP contribution is -2.58. The van der Waals surface area contributed by atoms with Crippen molar-refractivity contribution in [1.82, 2.24) is 9.03 Å². The van der Waals surface area contributed by atoms with Gasteiger partial charge in [-0.15, -0.1) is 12.6 Å². The zero-order valence-corrected chi connectivity index (χ0v) is 23.7. The number of nitrogens with one attached hydrogen (secondary N) is 1. The summed E-state index contributed by atoms with van der Waals surface area (Å²) in [5.41, 5.74) is -2.94. The smallest absolute Gasteiger partial charge is 0.376 e. The fourth-order valence-electron chi connectivity index (χ4n) is 4.24. The number of thiol groups is 1. The molecule has 8 nitrogen and oxygen atoms in total. The third-order valence-electron chi connectivity index (χ3n) is 6.33. The van der Waals surface area contributed by atoms with Crippen molar-refractivity contribution >= 4 is 38.4 Å². The summed E-state index contributed by atoms with van der Waals surface area (Å²) in [5, 5.41) is 9.98. The zero-order valence-electron chi connectivity index (χ0n) is 21.2. The van der Waals surface area contributed by atoms with Gasteiger partial charge in [0.25, 0.3) is 0 Å². The molecule has 0 saturated carbocycles. The van der Waals surface area contributed by atoms with Gasteiger partial charge in [0.1, 0.15) is 0 Å². The standard InChI is InChI=1S/C24H32F3N3O5S3/c1-17(2)16-37(32,33)28-14-20-15-29(38(34,35)22-7-5-4-6-21(22)36)12-13-30(20)19-10-8-18(9-11-19)23(3,31)24(25,26)27/h4-11,17,20,28,31,36H,12-16H2,1-3H3/t20-,23?/m0/s1. The number of rotatable bonds is 9. The second-order valence-electron chi connectivity index (χ2n) is 9.82. The van der Waals surface area contributed by atoms with E-state index in [9.17, 15) is 35.1 Å². The summed E-state index contributed by atoms with van der Waals surface area (Å²) in [6.07, 6.45) is -4.88. The summed E-state index contributed by atoms with van der Waals surface area (Å²) in [4.78, 5) is 2.05. The first-order valence-corrected chi connectivity index (χ1v) is 15.4. The number of anilines is 1. The molecule has 2 aromatic rings. The molecule has 1 aliphatic rings. The first-order chi connectivity index (χ1) is 17.5. The van der Waals surface area contributed by atoms with Crippen LogP contribution in [0.2, 0.25) is 0 Å². The second kappa shape index (κ2) is 11.3. The molecule has 0 aromatic heterocycles. The number of halogens is 3. The maximum Gasteiger partial charge on any atom is 0.421 e. The third kappa shape index (κ3) is 6.83. The van der Waals surface area contributed by atoms with Crippen LogP contribution in [-0.2, 0) is 25.6 Å². The lowest BCUT2D eigenvalue weighted by atomic mass is 9.95. The van der Waals surface area contributed by atoms with E-state index in [-0.39, 0.29) is 53.2 Å². The topological polar surface area (TPSA) is 107 Å². The van der Waals surface area contributed by atoms with Crippen molar-refractivity contribution in [3.8, 4) is 0 Å². The molecule has 0 aliphatic carbocycles. The van der Waals surface area contributed by atoms with Crippen LogP contribution in [0.4, 0.5) is 18.9 Å². The lowest BCUT2D eigenvalue weighted by Gasteiger charge is -2.42. The first kappa shape index (κ1) is 30.7. The van der Waals surface area contributed by atoms with E-state index in [1.165, 1.54) is 22.5 Å². The highest BCUT2D eigenvalue weighted by molar-refractivity contribution is 7.90. The minimum Gasteiger partial charge on any atom is -0.376 e. The number of benzene rings is 2. The number of hydrogen-bond acceptors (Lipinski definition) is 7. The van der Waals surface area contributed by atoms with Gasteiger partial charge in [0, 0.05) is 36.8 Å². The van der Waals surface area contributed by atoms with E-state index in [0.29, 0.717) is 12.6 Å². The minimum atomic E-state index is -4.88. The molecular weight excluding hydrogens is 563 g/mol. The van der Waals surface area contributed by atoms with Crippen LogP contribution >= 0.6 is 12.6 Å². The highest BCUT2D eigenvalue weighted by atomic mass is 32.2. The molecule has 3 rings (SSSR count). The predicted molar refractivity (Wildman–Crippen MR) is 142 cm³/mol. The number of piperazine rings is 1. The lowest BCUT2D eigenvalue weighted by molar-refractivity contribution is -0.258. The summed E-state index contributed by atoms with van der Waals surface area (Å²) < 4.78 is 95.4. The number of hydrogen-bond donors (Lipinski definition) is 3. The van der Waals surface area contributed by atoms with E-state index >= 15 is 0 Å². The van der Waals surface area contributed by atoms with Gasteiger partial charge in [0.2, 0.25) is 20.0 Å². The molecule has 0 bridgehead atoms. The Kier molecular flexibility index (Phi) is 9.16. The molecule has 0 radical (unpaired) electrons. The molecule has 1 unspecified atom stereocenters. The fraction of sp³-hybridized carbons (Fsp3) is 0.500. The highest BCUT2D eigenvalue weighted by Gasteiger charge is 2.51. The number of nitrogens with zero attached hydrogens (tertiary/aromatic N) is 2. The maximum absolute atomic E-state index is 13.4. The van der Waals surface area contributed by atoms with Gasteiger partial charge in [0.15, 0.2) is 5.60 Å². The molecule has 0 amide bonds. The van der Waals surface area contributed by atoms with Gasteiger partial charge in [-0.3, -0.25) is 0 Å². The zero-order chi connectivity index (χ0) is 28.5. The molecule has 1 aliphatic heterocycles. The fourth-order valence-corrected chi connectivity index (χ4v) is 7.74. The van der Waals surface area contributed by atoms with Gasteiger partial charge < -0.3 is 10.0 Å². The number of sulfonamides is 2. The normalized spacial score (nSPS) is 19.5. The summed E-state index contributed by atoms with van der Waals surface area (Å²) in [6, 6.07) is 10.7. The monoisotopic (exact) mass is 595 g/mol. The average molecular weight is 596 g/mol. The Morgan fingerprint density at radius 1 is 1.05 bits per heavy atom. The first-order valence-electron chi connectivity index (χ1n) is 11.9. The molecule has 2 N–H and O–H groups in total.